The van der Waals surface area contributed by atoms with Gasteiger partial charge in [0, 0.05) is 18.0 Å². The minimum absolute atomic E-state index is 0.0462. The molecule has 0 unspecified atom stereocenters. The van der Waals surface area contributed by atoms with Gasteiger partial charge in [-0.2, -0.15) is 0 Å². The van der Waals surface area contributed by atoms with Gasteiger partial charge in [0.15, 0.2) is 5.17 Å². The van der Waals surface area contributed by atoms with Crippen molar-refractivity contribution >= 4 is 16.9 Å². The molecule has 2 aromatic rings. The Morgan fingerprint density at radius 3 is 2.65 bits per heavy atom. The largest absolute Gasteiger partial charge is 0.491 e. The first-order valence-electron chi connectivity index (χ1n) is 9.34. The Kier molecular flexibility index (Phi) is 4.90. The molecule has 26 heavy (non-hydrogen) atoms. The topological polar surface area (TPSA) is 37.7 Å². The van der Waals surface area contributed by atoms with E-state index in [2.05, 4.69) is 61.0 Å². The molecule has 0 bridgehead atoms. The molecule has 1 aromatic heterocycles. The zero-order chi connectivity index (χ0) is 18.1. The fourth-order valence-corrected chi connectivity index (χ4v) is 5.06. The van der Waals surface area contributed by atoms with E-state index in [4.69, 9.17) is 9.73 Å². The smallest absolute Gasteiger partial charge is 0.160 e. The maximum absolute atomic E-state index is 5.81. The number of pyridine rings is 1. The Morgan fingerprint density at radius 1 is 1.19 bits per heavy atom. The lowest BCUT2D eigenvalue weighted by Gasteiger charge is -2.32. The van der Waals surface area contributed by atoms with E-state index in [0.29, 0.717) is 6.04 Å². The second kappa shape index (κ2) is 7.31. The van der Waals surface area contributed by atoms with Gasteiger partial charge < -0.3 is 9.64 Å². The summed E-state index contributed by atoms with van der Waals surface area (Å²) in [7, 11) is 0. The molecule has 0 radical (unpaired) electrons. The van der Waals surface area contributed by atoms with E-state index in [1.165, 1.54) is 10.7 Å². The summed E-state index contributed by atoms with van der Waals surface area (Å²) in [6.07, 6.45) is 3.18. The minimum Gasteiger partial charge on any atom is -0.491 e. The highest BCUT2D eigenvalue weighted by molar-refractivity contribution is 8.14. The maximum atomic E-state index is 5.81. The van der Waals surface area contributed by atoms with Gasteiger partial charge in [-0.1, -0.05) is 36.9 Å². The van der Waals surface area contributed by atoms with Gasteiger partial charge in [-0.05, 0) is 50.1 Å². The Bertz CT molecular complexity index is 776. The Morgan fingerprint density at radius 2 is 2.00 bits per heavy atom. The number of aliphatic imine (C=N–C) groups is 1. The summed E-state index contributed by atoms with van der Waals surface area (Å²) < 4.78 is 5.81. The number of ether oxygens (including phenoxy) is 1. The second-order valence-electron chi connectivity index (χ2n) is 7.07. The molecule has 4 rings (SSSR count). The number of rotatable bonds is 5. The number of aromatic nitrogens is 1. The summed E-state index contributed by atoms with van der Waals surface area (Å²) in [5, 5.41) is 1.17. The molecule has 4 nitrogen and oxygen atoms in total. The second-order valence-corrected chi connectivity index (χ2v) is 8.06. The summed E-state index contributed by atoms with van der Waals surface area (Å²) in [5.74, 6) is 2.04. The van der Waals surface area contributed by atoms with Gasteiger partial charge in [0.2, 0.25) is 0 Å². The van der Waals surface area contributed by atoms with Crippen LogP contribution < -0.4 is 4.74 Å². The first-order chi connectivity index (χ1) is 12.7. The van der Waals surface area contributed by atoms with E-state index >= 15 is 0 Å². The summed E-state index contributed by atoms with van der Waals surface area (Å²) in [6.45, 7) is 6.36. The number of fused-ring (bicyclic) bond motifs is 1. The van der Waals surface area contributed by atoms with E-state index in [9.17, 15) is 0 Å². The number of benzene rings is 1. The zero-order valence-electron chi connectivity index (χ0n) is 15.5. The van der Waals surface area contributed by atoms with Gasteiger partial charge in [0.25, 0.3) is 0 Å². The number of amidine groups is 1. The monoisotopic (exact) mass is 367 g/mol. The fourth-order valence-electron chi connectivity index (χ4n) is 3.73. The van der Waals surface area contributed by atoms with Gasteiger partial charge in [0.05, 0.1) is 17.8 Å². The molecular weight excluding hydrogens is 342 g/mol. The molecule has 3 atom stereocenters. The van der Waals surface area contributed by atoms with Crippen molar-refractivity contribution < 1.29 is 4.74 Å². The normalized spacial score (nSPS) is 24.7. The van der Waals surface area contributed by atoms with Crippen molar-refractivity contribution in [1.82, 2.24) is 9.88 Å². The highest BCUT2D eigenvalue weighted by Crippen LogP contribution is 2.48. The van der Waals surface area contributed by atoms with Crippen LogP contribution in [0.15, 0.2) is 53.7 Å². The summed E-state index contributed by atoms with van der Waals surface area (Å²) >= 11 is 1.88. The molecule has 0 N–H and O–H groups in total. The van der Waals surface area contributed by atoms with Crippen molar-refractivity contribution in [2.45, 2.75) is 51.4 Å². The van der Waals surface area contributed by atoms with E-state index in [0.717, 1.165) is 23.6 Å². The van der Waals surface area contributed by atoms with E-state index < -0.39 is 0 Å². The van der Waals surface area contributed by atoms with Crippen LogP contribution in [-0.2, 0) is 0 Å². The molecular formula is C21H25N3OS. The standard InChI is InChI=1S/C21H25N3OS/c1-4-16-13-26-21-23-19(18-7-5-6-12-22-18)20(24(16)21)15-8-10-17(11-9-15)25-14(2)3/h5-12,14,16,19-20H,4,13H2,1-3H3/t16-,19+,20+/m1/s1. The Labute approximate surface area is 159 Å². The van der Waals surface area contributed by atoms with Crippen LogP contribution in [0.2, 0.25) is 0 Å². The van der Waals surface area contributed by atoms with E-state index in [-0.39, 0.29) is 18.2 Å². The fraction of sp³-hybridized carbons (Fsp3) is 0.429. The average Bonchev–Trinajstić information content (AvgIpc) is 3.21. The lowest BCUT2D eigenvalue weighted by Crippen LogP contribution is -2.35. The number of thioether (sulfide) groups is 1. The van der Waals surface area contributed by atoms with Crippen LogP contribution in [0.25, 0.3) is 0 Å². The molecule has 5 heteroatoms. The first kappa shape index (κ1) is 17.4. The highest BCUT2D eigenvalue weighted by atomic mass is 32.2. The summed E-state index contributed by atoms with van der Waals surface area (Å²) in [4.78, 5) is 12.2. The lowest BCUT2D eigenvalue weighted by atomic mass is 9.95. The van der Waals surface area contributed by atoms with Crippen molar-refractivity contribution in [3.8, 4) is 5.75 Å². The molecule has 1 fully saturated rings. The third-order valence-electron chi connectivity index (χ3n) is 4.92. The maximum Gasteiger partial charge on any atom is 0.160 e. The molecule has 2 aliphatic heterocycles. The van der Waals surface area contributed by atoms with Gasteiger partial charge in [-0.15, -0.1) is 0 Å². The number of nitrogens with zero attached hydrogens (tertiary/aromatic N) is 3. The molecule has 0 amide bonds. The quantitative estimate of drug-likeness (QED) is 0.757. The van der Waals surface area contributed by atoms with Crippen LogP contribution >= 0.6 is 11.8 Å². The minimum atomic E-state index is 0.0462. The van der Waals surface area contributed by atoms with Gasteiger partial charge in [-0.25, -0.2) is 0 Å². The molecule has 2 aliphatic rings. The Hall–Kier alpha value is -2.01. The molecule has 1 aromatic carbocycles. The van der Waals surface area contributed by atoms with Crippen LogP contribution in [0.4, 0.5) is 0 Å². The zero-order valence-corrected chi connectivity index (χ0v) is 16.3. The molecule has 136 valence electrons. The molecule has 0 aliphatic carbocycles. The van der Waals surface area contributed by atoms with E-state index in [1.807, 2.05) is 30.1 Å². The van der Waals surface area contributed by atoms with Crippen LogP contribution in [0.1, 0.15) is 50.5 Å². The third kappa shape index (κ3) is 3.20. The highest BCUT2D eigenvalue weighted by Gasteiger charge is 2.45. The third-order valence-corrected chi connectivity index (χ3v) is 6.05. The summed E-state index contributed by atoms with van der Waals surface area (Å²) in [5.41, 5.74) is 2.31. The number of hydrogen-bond donors (Lipinski definition) is 0. The lowest BCUT2D eigenvalue weighted by molar-refractivity contribution is 0.241. The van der Waals surface area contributed by atoms with Crippen molar-refractivity contribution in [3.05, 3.63) is 59.9 Å². The molecule has 3 heterocycles. The van der Waals surface area contributed by atoms with Crippen LogP contribution in [0.3, 0.4) is 0 Å². The predicted molar refractivity (Wildman–Crippen MR) is 108 cm³/mol. The van der Waals surface area contributed by atoms with Crippen molar-refractivity contribution in [1.29, 1.82) is 0 Å². The van der Waals surface area contributed by atoms with Crippen LogP contribution in [0.5, 0.6) is 5.75 Å². The van der Waals surface area contributed by atoms with Crippen LogP contribution in [0, 0.1) is 0 Å². The molecule has 1 saturated heterocycles. The van der Waals surface area contributed by atoms with Crippen molar-refractivity contribution in [2.24, 2.45) is 4.99 Å². The Balaban J connectivity index is 1.70. The van der Waals surface area contributed by atoms with Gasteiger partial charge in [-0.3, -0.25) is 9.98 Å². The van der Waals surface area contributed by atoms with Crippen LogP contribution in [-0.4, -0.2) is 33.0 Å². The number of hydrogen-bond acceptors (Lipinski definition) is 5. The van der Waals surface area contributed by atoms with Gasteiger partial charge in [0.1, 0.15) is 11.8 Å². The van der Waals surface area contributed by atoms with Crippen molar-refractivity contribution in [2.75, 3.05) is 5.75 Å². The molecule has 0 saturated carbocycles. The SMILES string of the molecule is CC[C@@H]1CSC2=N[C@@H](c3ccccn3)[C@H](c3ccc(OC(C)C)cc3)N21. The summed E-state index contributed by atoms with van der Waals surface area (Å²) in [6, 6.07) is 15.4. The average molecular weight is 368 g/mol. The predicted octanol–water partition coefficient (Wildman–Crippen LogP) is 4.85. The molecule has 0 spiro atoms. The first-order valence-corrected chi connectivity index (χ1v) is 10.3. The van der Waals surface area contributed by atoms with E-state index in [1.54, 1.807) is 0 Å². The van der Waals surface area contributed by atoms with Crippen molar-refractivity contribution in [3.63, 3.8) is 0 Å². The van der Waals surface area contributed by atoms with Gasteiger partial charge >= 0.3 is 0 Å².